The molecule has 2 aromatic rings. The maximum absolute atomic E-state index is 13.5. The topological polar surface area (TPSA) is 50.7 Å². The zero-order valence-electron chi connectivity index (χ0n) is 13.0. The lowest BCUT2D eigenvalue weighted by Crippen LogP contribution is -2.19. The molecule has 0 saturated carbocycles. The summed E-state index contributed by atoms with van der Waals surface area (Å²) in [6.07, 6.45) is 1.20. The van der Waals surface area contributed by atoms with Crippen LogP contribution in [0.5, 0.6) is 5.75 Å². The lowest BCUT2D eigenvalue weighted by molar-refractivity contribution is -0.118. The van der Waals surface area contributed by atoms with Gasteiger partial charge in [0.2, 0.25) is 5.91 Å². The number of halogens is 2. The number of thioether (sulfide) groups is 1. The lowest BCUT2D eigenvalue weighted by atomic mass is 10.2. The Labute approximate surface area is 149 Å². The first-order valence-corrected chi connectivity index (χ1v) is 8.60. The molecule has 0 atom stereocenters. The number of carbonyl (C=O) groups excluding carboxylic acids is 1. The van der Waals surface area contributed by atoms with Crippen LogP contribution < -0.4 is 10.2 Å². The second kappa shape index (κ2) is 9.30. The van der Waals surface area contributed by atoms with Gasteiger partial charge in [0, 0.05) is 11.3 Å². The van der Waals surface area contributed by atoms with Crippen molar-refractivity contribution in [3.8, 4) is 5.75 Å². The number of methoxy groups -OCH3 is 1. The van der Waals surface area contributed by atoms with Crippen LogP contribution in [0.4, 0.5) is 4.39 Å². The van der Waals surface area contributed by atoms with E-state index in [0.29, 0.717) is 5.75 Å². The number of nitrogens with zero attached hydrogens (tertiary/aromatic N) is 1. The summed E-state index contributed by atoms with van der Waals surface area (Å²) in [4.78, 5) is 11.7. The summed E-state index contributed by atoms with van der Waals surface area (Å²) in [5.41, 5.74) is 3.59. The third-order valence-corrected chi connectivity index (χ3v) is 4.38. The number of hydrogen-bond donors (Lipinski definition) is 1. The van der Waals surface area contributed by atoms with E-state index in [9.17, 15) is 9.18 Å². The molecule has 0 radical (unpaired) electrons. The molecule has 0 saturated heterocycles. The first kappa shape index (κ1) is 18.3. The number of ether oxygens (including phenoxy) is 1. The molecule has 1 N–H and O–H groups in total. The number of carbonyl (C=O) groups is 1. The minimum Gasteiger partial charge on any atom is -0.497 e. The number of benzene rings is 2. The van der Waals surface area contributed by atoms with E-state index in [1.54, 1.807) is 13.2 Å². The van der Waals surface area contributed by atoms with Crippen molar-refractivity contribution < 1.29 is 13.9 Å². The highest BCUT2D eigenvalue weighted by Gasteiger charge is 2.04. The van der Waals surface area contributed by atoms with Crippen LogP contribution in [-0.4, -0.2) is 25.0 Å². The minimum atomic E-state index is -0.491. The fraction of sp³-hybridized carbons (Fsp3) is 0.176. The van der Waals surface area contributed by atoms with Gasteiger partial charge in [-0.3, -0.25) is 4.79 Å². The van der Waals surface area contributed by atoms with Crippen molar-refractivity contribution >= 4 is 35.5 Å². The van der Waals surface area contributed by atoms with Crippen molar-refractivity contribution in [2.45, 2.75) is 5.75 Å². The van der Waals surface area contributed by atoms with Gasteiger partial charge in [0.15, 0.2) is 0 Å². The molecule has 7 heteroatoms. The number of hydrogen-bond acceptors (Lipinski definition) is 4. The van der Waals surface area contributed by atoms with Crippen molar-refractivity contribution in [1.82, 2.24) is 5.43 Å². The van der Waals surface area contributed by atoms with E-state index in [2.05, 4.69) is 10.5 Å². The second-order valence-electron chi connectivity index (χ2n) is 4.77. The van der Waals surface area contributed by atoms with Gasteiger partial charge in [-0.05, 0) is 29.8 Å². The minimum absolute atomic E-state index is 0.144. The molecule has 0 aromatic heterocycles. The SMILES string of the molecule is COc1ccc(CSCC(=O)N/N=C\c2c(F)cccc2Cl)cc1. The Kier molecular flexibility index (Phi) is 7.08. The third-order valence-electron chi connectivity index (χ3n) is 3.04. The van der Waals surface area contributed by atoms with E-state index in [1.807, 2.05) is 24.3 Å². The molecule has 0 heterocycles. The highest BCUT2D eigenvalue weighted by Crippen LogP contribution is 2.17. The maximum atomic E-state index is 13.5. The van der Waals surface area contributed by atoms with E-state index in [4.69, 9.17) is 16.3 Å². The van der Waals surface area contributed by atoms with Gasteiger partial charge in [-0.15, -0.1) is 11.8 Å². The van der Waals surface area contributed by atoms with Crippen molar-refractivity contribution in [2.75, 3.05) is 12.9 Å². The zero-order chi connectivity index (χ0) is 17.4. The first-order valence-electron chi connectivity index (χ1n) is 7.06. The van der Waals surface area contributed by atoms with Crippen LogP contribution in [0.15, 0.2) is 47.6 Å². The average molecular weight is 367 g/mol. The molecule has 0 aliphatic carbocycles. The van der Waals surface area contributed by atoms with E-state index < -0.39 is 5.82 Å². The largest absolute Gasteiger partial charge is 0.497 e. The van der Waals surface area contributed by atoms with E-state index >= 15 is 0 Å². The monoisotopic (exact) mass is 366 g/mol. The Morgan fingerprint density at radius 3 is 2.75 bits per heavy atom. The molecule has 4 nitrogen and oxygen atoms in total. The zero-order valence-corrected chi connectivity index (χ0v) is 14.5. The van der Waals surface area contributed by atoms with Gasteiger partial charge < -0.3 is 4.74 Å². The van der Waals surface area contributed by atoms with Crippen LogP contribution in [0.2, 0.25) is 5.02 Å². The molecule has 0 fully saturated rings. The summed E-state index contributed by atoms with van der Waals surface area (Å²) in [6, 6.07) is 12.0. The predicted octanol–water partition coefficient (Wildman–Crippen LogP) is 3.87. The molecule has 0 aliphatic heterocycles. The molecule has 1 amide bonds. The van der Waals surface area contributed by atoms with Crippen LogP contribution >= 0.6 is 23.4 Å². The molecule has 0 spiro atoms. The van der Waals surface area contributed by atoms with Gasteiger partial charge in [0.1, 0.15) is 11.6 Å². The van der Waals surface area contributed by atoms with E-state index in [1.165, 1.54) is 30.1 Å². The highest BCUT2D eigenvalue weighted by molar-refractivity contribution is 7.99. The fourth-order valence-corrected chi connectivity index (χ4v) is 2.81. The summed E-state index contributed by atoms with van der Waals surface area (Å²) in [7, 11) is 1.61. The van der Waals surface area contributed by atoms with Crippen LogP contribution in [0.3, 0.4) is 0 Å². The van der Waals surface area contributed by atoms with Gasteiger partial charge in [0.05, 0.1) is 24.1 Å². The summed E-state index contributed by atoms with van der Waals surface area (Å²) < 4.78 is 18.6. The number of hydrazone groups is 1. The van der Waals surface area contributed by atoms with E-state index in [0.717, 1.165) is 11.3 Å². The van der Waals surface area contributed by atoms with Crippen molar-refractivity contribution in [3.05, 3.63) is 64.4 Å². The number of nitrogens with one attached hydrogen (secondary N) is 1. The standard InChI is InChI=1S/C17H16ClFN2O2S/c1-23-13-7-5-12(6-8-13)10-24-11-17(22)21-20-9-14-15(18)3-2-4-16(14)19/h2-9H,10-11H2,1H3,(H,21,22)/b20-9-. The molecular weight excluding hydrogens is 351 g/mol. The Balaban J connectivity index is 1.76. The quantitative estimate of drug-likeness (QED) is 0.597. The molecule has 2 aromatic carbocycles. The Bertz CT molecular complexity index is 703. The lowest BCUT2D eigenvalue weighted by Gasteiger charge is -2.03. The highest BCUT2D eigenvalue weighted by atomic mass is 35.5. The second-order valence-corrected chi connectivity index (χ2v) is 6.16. The molecule has 0 aliphatic rings. The van der Waals surface area contributed by atoms with Gasteiger partial charge in [-0.1, -0.05) is 29.8 Å². The summed E-state index contributed by atoms with van der Waals surface area (Å²) >= 11 is 7.31. The van der Waals surface area contributed by atoms with Crippen LogP contribution in [0, 0.1) is 5.82 Å². The molecule has 2 rings (SSSR count). The maximum Gasteiger partial charge on any atom is 0.250 e. The van der Waals surface area contributed by atoms with Gasteiger partial charge >= 0.3 is 0 Å². The van der Waals surface area contributed by atoms with Gasteiger partial charge in [0.25, 0.3) is 0 Å². The molecule has 24 heavy (non-hydrogen) atoms. The summed E-state index contributed by atoms with van der Waals surface area (Å²) in [6.45, 7) is 0. The average Bonchev–Trinajstić information content (AvgIpc) is 2.58. The molecule has 0 unspecified atom stereocenters. The summed E-state index contributed by atoms with van der Waals surface area (Å²) in [5.74, 6) is 0.975. The van der Waals surface area contributed by atoms with Crippen LogP contribution in [0.25, 0.3) is 0 Å². The van der Waals surface area contributed by atoms with Gasteiger partial charge in [-0.2, -0.15) is 5.10 Å². The van der Waals surface area contributed by atoms with Crippen LogP contribution in [0.1, 0.15) is 11.1 Å². The third kappa shape index (κ3) is 5.54. The summed E-state index contributed by atoms with van der Waals surface area (Å²) in [5, 5.41) is 3.97. The molecule has 126 valence electrons. The normalized spacial score (nSPS) is 10.8. The van der Waals surface area contributed by atoms with Crippen molar-refractivity contribution in [1.29, 1.82) is 0 Å². The van der Waals surface area contributed by atoms with Crippen LogP contribution in [-0.2, 0) is 10.5 Å². The Morgan fingerprint density at radius 2 is 2.08 bits per heavy atom. The number of rotatable bonds is 7. The smallest absolute Gasteiger partial charge is 0.250 e. The van der Waals surface area contributed by atoms with Crippen molar-refractivity contribution in [2.24, 2.45) is 5.10 Å². The first-order chi connectivity index (χ1) is 11.6. The fourth-order valence-electron chi connectivity index (χ4n) is 1.82. The number of amides is 1. The Hall–Kier alpha value is -2.05. The Morgan fingerprint density at radius 1 is 1.33 bits per heavy atom. The van der Waals surface area contributed by atoms with Gasteiger partial charge in [-0.25, -0.2) is 9.82 Å². The molecular formula is C17H16ClFN2O2S. The predicted molar refractivity (Wildman–Crippen MR) is 96.3 cm³/mol. The van der Waals surface area contributed by atoms with E-state index in [-0.39, 0.29) is 22.2 Å². The molecule has 0 bridgehead atoms. The van der Waals surface area contributed by atoms with Crippen molar-refractivity contribution in [3.63, 3.8) is 0 Å².